The Kier molecular flexibility index (Phi) is 3.50. The zero-order valence-corrected chi connectivity index (χ0v) is 10.3. The number of nitrogens with zero attached hydrogens (tertiary/aromatic N) is 3. The Morgan fingerprint density at radius 3 is 2.83 bits per heavy atom. The summed E-state index contributed by atoms with van der Waals surface area (Å²) in [6.45, 7) is 2.75. The summed E-state index contributed by atoms with van der Waals surface area (Å²) in [6, 6.07) is 0.981. The quantitative estimate of drug-likeness (QED) is 0.730. The zero-order chi connectivity index (χ0) is 13.1. The molecule has 18 heavy (non-hydrogen) atoms. The van der Waals surface area contributed by atoms with Crippen LogP contribution in [0.25, 0.3) is 0 Å². The molecule has 1 fully saturated rings. The molecule has 7 nitrogen and oxygen atoms in total. The second kappa shape index (κ2) is 5.07. The highest BCUT2D eigenvalue weighted by Crippen LogP contribution is 2.11. The molecular weight excluding hydrogens is 234 g/mol. The van der Waals surface area contributed by atoms with Gasteiger partial charge in [0.15, 0.2) is 0 Å². The normalized spacial score (nSPS) is 19.4. The van der Waals surface area contributed by atoms with Crippen LogP contribution in [-0.4, -0.2) is 39.2 Å². The monoisotopic (exact) mass is 251 g/mol. The summed E-state index contributed by atoms with van der Waals surface area (Å²) in [7, 11) is 0. The maximum atomic E-state index is 11.9. The summed E-state index contributed by atoms with van der Waals surface area (Å²) >= 11 is 0. The predicted octanol–water partition coefficient (Wildman–Crippen LogP) is 0.186. The molecule has 1 aliphatic rings. The van der Waals surface area contributed by atoms with Crippen molar-refractivity contribution in [2.24, 2.45) is 0 Å². The molecule has 2 rings (SSSR count). The number of carbonyl (C=O) groups is 2. The van der Waals surface area contributed by atoms with Crippen molar-refractivity contribution in [3.63, 3.8) is 0 Å². The van der Waals surface area contributed by atoms with E-state index < -0.39 is 0 Å². The van der Waals surface area contributed by atoms with Crippen molar-refractivity contribution in [1.82, 2.24) is 20.0 Å². The van der Waals surface area contributed by atoms with Gasteiger partial charge in [0.2, 0.25) is 0 Å². The van der Waals surface area contributed by atoms with E-state index in [-0.39, 0.29) is 18.0 Å². The number of hydrogen-bond acceptors (Lipinski definition) is 4. The summed E-state index contributed by atoms with van der Waals surface area (Å²) in [6.07, 6.45) is 3.26. The fourth-order valence-electron chi connectivity index (χ4n) is 1.98. The topological polar surface area (TPSA) is 93.2 Å². The van der Waals surface area contributed by atoms with Gasteiger partial charge in [0.1, 0.15) is 11.9 Å². The Labute approximate surface area is 105 Å². The molecule has 1 aromatic heterocycles. The third-order valence-electron chi connectivity index (χ3n) is 2.90. The van der Waals surface area contributed by atoms with Crippen molar-refractivity contribution in [3.05, 3.63) is 12.3 Å². The van der Waals surface area contributed by atoms with Gasteiger partial charge < -0.3 is 11.1 Å². The Balaban J connectivity index is 1.93. The number of rotatable bonds is 5. The average Bonchev–Trinajstić information content (AvgIpc) is 2.84. The van der Waals surface area contributed by atoms with Crippen LogP contribution < -0.4 is 11.1 Å². The van der Waals surface area contributed by atoms with E-state index in [9.17, 15) is 9.59 Å². The van der Waals surface area contributed by atoms with Crippen molar-refractivity contribution in [2.75, 3.05) is 12.3 Å². The highest BCUT2D eigenvalue weighted by Gasteiger charge is 2.36. The fraction of sp³-hybridized carbons (Fsp3) is 0.545. The highest BCUT2D eigenvalue weighted by atomic mass is 16.2. The van der Waals surface area contributed by atoms with Crippen LogP contribution in [0, 0.1) is 0 Å². The number of nitrogens with one attached hydrogen (secondary N) is 1. The first kappa shape index (κ1) is 12.4. The van der Waals surface area contributed by atoms with Gasteiger partial charge in [-0.25, -0.2) is 4.79 Å². The van der Waals surface area contributed by atoms with Gasteiger partial charge in [0, 0.05) is 6.20 Å². The molecule has 1 aliphatic heterocycles. The average molecular weight is 251 g/mol. The molecule has 0 bridgehead atoms. The van der Waals surface area contributed by atoms with Gasteiger partial charge in [-0.1, -0.05) is 13.3 Å². The summed E-state index contributed by atoms with van der Waals surface area (Å²) in [4.78, 5) is 24.8. The number of amides is 3. The minimum absolute atomic E-state index is 0.151. The lowest BCUT2D eigenvalue weighted by Gasteiger charge is -2.12. The van der Waals surface area contributed by atoms with E-state index in [4.69, 9.17) is 5.73 Å². The number of nitrogens with two attached hydrogens (primary N) is 1. The van der Waals surface area contributed by atoms with Crippen LogP contribution in [0.3, 0.4) is 0 Å². The molecule has 0 spiro atoms. The third-order valence-corrected chi connectivity index (χ3v) is 2.90. The Hall–Kier alpha value is -2.05. The van der Waals surface area contributed by atoms with Crippen LogP contribution in [0.5, 0.6) is 0 Å². The van der Waals surface area contributed by atoms with E-state index in [2.05, 4.69) is 10.4 Å². The SMILES string of the molecule is CCCC1NC(=O)N(CCn2ccc(N)n2)C1=O. The second-order valence-electron chi connectivity index (χ2n) is 4.28. The maximum absolute atomic E-state index is 11.9. The lowest BCUT2D eigenvalue weighted by atomic mass is 10.2. The molecule has 1 aromatic rings. The molecule has 0 radical (unpaired) electrons. The van der Waals surface area contributed by atoms with Gasteiger partial charge in [-0.2, -0.15) is 5.10 Å². The molecule has 1 unspecified atom stereocenters. The third kappa shape index (κ3) is 2.44. The molecule has 7 heteroatoms. The van der Waals surface area contributed by atoms with E-state index >= 15 is 0 Å². The van der Waals surface area contributed by atoms with Crippen LogP contribution in [0.2, 0.25) is 0 Å². The molecule has 0 saturated carbocycles. The number of anilines is 1. The van der Waals surface area contributed by atoms with Crippen LogP contribution in [0.15, 0.2) is 12.3 Å². The van der Waals surface area contributed by atoms with Crippen molar-refractivity contribution in [2.45, 2.75) is 32.4 Å². The largest absolute Gasteiger partial charge is 0.382 e. The summed E-state index contributed by atoms with van der Waals surface area (Å²) < 4.78 is 1.61. The lowest BCUT2D eigenvalue weighted by Crippen LogP contribution is -2.34. The Bertz CT molecular complexity index is 456. The van der Waals surface area contributed by atoms with Gasteiger partial charge in [0.05, 0.1) is 13.1 Å². The second-order valence-corrected chi connectivity index (χ2v) is 4.28. The van der Waals surface area contributed by atoms with E-state index in [0.29, 0.717) is 25.3 Å². The number of imide groups is 1. The molecule has 98 valence electrons. The highest BCUT2D eigenvalue weighted by molar-refractivity contribution is 6.04. The van der Waals surface area contributed by atoms with E-state index in [1.807, 2.05) is 6.92 Å². The van der Waals surface area contributed by atoms with Crippen LogP contribution in [-0.2, 0) is 11.3 Å². The lowest BCUT2D eigenvalue weighted by molar-refractivity contribution is -0.127. The minimum Gasteiger partial charge on any atom is -0.382 e. The van der Waals surface area contributed by atoms with Gasteiger partial charge >= 0.3 is 6.03 Å². The minimum atomic E-state index is -0.370. The standard InChI is InChI=1S/C11H17N5O2/c1-2-3-8-10(17)16(11(18)13-8)7-6-15-5-4-9(12)14-15/h4-5,8H,2-3,6-7H2,1H3,(H2,12,14)(H,13,18). The predicted molar refractivity (Wildman–Crippen MR) is 65.6 cm³/mol. The van der Waals surface area contributed by atoms with Crippen LogP contribution in [0.1, 0.15) is 19.8 Å². The molecule has 3 amide bonds. The number of aromatic nitrogens is 2. The van der Waals surface area contributed by atoms with Crippen molar-refractivity contribution in [3.8, 4) is 0 Å². The summed E-state index contributed by atoms with van der Waals surface area (Å²) in [5.74, 6) is 0.276. The fourth-order valence-corrected chi connectivity index (χ4v) is 1.98. The van der Waals surface area contributed by atoms with Gasteiger partial charge in [0.25, 0.3) is 5.91 Å². The van der Waals surface area contributed by atoms with E-state index in [1.54, 1.807) is 16.9 Å². The molecule has 3 N–H and O–H groups in total. The molecule has 2 heterocycles. The van der Waals surface area contributed by atoms with E-state index in [0.717, 1.165) is 6.42 Å². The summed E-state index contributed by atoms with van der Waals surface area (Å²) in [5.41, 5.74) is 5.49. The number of urea groups is 1. The Morgan fingerprint density at radius 1 is 1.44 bits per heavy atom. The van der Waals surface area contributed by atoms with Crippen molar-refractivity contribution < 1.29 is 9.59 Å². The van der Waals surface area contributed by atoms with Gasteiger partial charge in [-0.3, -0.25) is 14.4 Å². The van der Waals surface area contributed by atoms with Crippen LogP contribution in [0.4, 0.5) is 10.6 Å². The number of hydrogen-bond donors (Lipinski definition) is 2. The first-order valence-corrected chi connectivity index (χ1v) is 6.02. The van der Waals surface area contributed by atoms with Crippen molar-refractivity contribution >= 4 is 17.8 Å². The van der Waals surface area contributed by atoms with Gasteiger partial charge in [-0.05, 0) is 12.5 Å². The molecule has 0 aliphatic carbocycles. The summed E-state index contributed by atoms with van der Waals surface area (Å²) in [5, 5.41) is 6.68. The first-order chi connectivity index (χ1) is 8.61. The number of nitrogen functional groups attached to an aromatic ring is 1. The smallest absolute Gasteiger partial charge is 0.324 e. The number of carbonyl (C=O) groups excluding carboxylic acids is 2. The van der Waals surface area contributed by atoms with Crippen molar-refractivity contribution in [1.29, 1.82) is 0 Å². The molecular formula is C11H17N5O2. The maximum Gasteiger partial charge on any atom is 0.324 e. The first-order valence-electron chi connectivity index (χ1n) is 6.02. The van der Waals surface area contributed by atoms with Gasteiger partial charge in [-0.15, -0.1) is 0 Å². The molecule has 1 atom stereocenters. The zero-order valence-electron chi connectivity index (χ0n) is 10.3. The van der Waals surface area contributed by atoms with Crippen LogP contribution >= 0.6 is 0 Å². The van der Waals surface area contributed by atoms with E-state index in [1.165, 1.54) is 4.90 Å². The molecule has 0 aromatic carbocycles. The Morgan fingerprint density at radius 2 is 2.22 bits per heavy atom. The molecule has 1 saturated heterocycles.